The number of nitrogens with zero attached hydrogens (tertiary/aromatic N) is 2. The number of carbonyl (C=O) groups excluding carboxylic acids is 1. The van der Waals surface area contributed by atoms with Gasteiger partial charge in [-0.3, -0.25) is 4.79 Å². The molecular formula is C12H15N3O2S. The van der Waals surface area contributed by atoms with E-state index in [9.17, 15) is 4.79 Å². The van der Waals surface area contributed by atoms with E-state index in [-0.39, 0.29) is 5.69 Å². The van der Waals surface area contributed by atoms with Crippen molar-refractivity contribution in [3.63, 3.8) is 0 Å². The summed E-state index contributed by atoms with van der Waals surface area (Å²) in [5.41, 5.74) is 4.53. The Morgan fingerprint density at radius 1 is 1.67 bits per heavy atom. The number of primary amides is 1. The predicted octanol–water partition coefficient (Wildman–Crippen LogP) is 1.97. The first-order valence-corrected chi connectivity index (χ1v) is 6.41. The van der Waals surface area contributed by atoms with Gasteiger partial charge in [0.1, 0.15) is 17.5 Å². The molecule has 1 aromatic rings. The Hall–Kier alpha value is -1.74. The lowest BCUT2D eigenvalue weighted by Crippen LogP contribution is -2.25. The van der Waals surface area contributed by atoms with Crippen molar-refractivity contribution >= 4 is 17.7 Å². The van der Waals surface area contributed by atoms with E-state index < -0.39 is 11.5 Å². The van der Waals surface area contributed by atoms with Gasteiger partial charge in [0.25, 0.3) is 5.91 Å². The van der Waals surface area contributed by atoms with Crippen LogP contribution in [-0.2, 0) is 0 Å². The van der Waals surface area contributed by atoms with Crippen molar-refractivity contribution in [2.24, 2.45) is 5.73 Å². The summed E-state index contributed by atoms with van der Waals surface area (Å²) in [6, 6.07) is 3.71. The summed E-state index contributed by atoms with van der Waals surface area (Å²) in [5.74, 6) is 0.659. The van der Waals surface area contributed by atoms with Gasteiger partial charge in [0.05, 0.1) is 6.20 Å². The number of aromatic nitrogens is 1. The van der Waals surface area contributed by atoms with Crippen LogP contribution in [0, 0.1) is 11.3 Å². The van der Waals surface area contributed by atoms with Crippen LogP contribution >= 0.6 is 11.8 Å². The molecular weight excluding hydrogens is 250 g/mol. The molecule has 0 bridgehead atoms. The number of hydrogen-bond acceptors (Lipinski definition) is 5. The SMILES string of the molecule is CCSc1cc(OC(C)(C)C#N)cnc1C(N)=O. The summed E-state index contributed by atoms with van der Waals surface area (Å²) in [4.78, 5) is 15.9. The van der Waals surface area contributed by atoms with Gasteiger partial charge >= 0.3 is 0 Å². The average Bonchev–Trinajstić information content (AvgIpc) is 2.29. The van der Waals surface area contributed by atoms with Crippen LogP contribution in [0.25, 0.3) is 0 Å². The highest BCUT2D eigenvalue weighted by molar-refractivity contribution is 7.99. The summed E-state index contributed by atoms with van der Waals surface area (Å²) >= 11 is 1.45. The number of rotatable bonds is 5. The van der Waals surface area contributed by atoms with Gasteiger partial charge in [0.2, 0.25) is 0 Å². The monoisotopic (exact) mass is 265 g/mol. The molecule has 0 fully saturated rings. The smallest absolute Gasteiger partial charge is 0.268 e. The zero-order valence-corrected chi connectivity index (χ0v) is 11.4. The minimum Gasteiger partial charge on any atom is -0.471 e. The van der Waals surface area contributed by atoms with Crippen molar-refractivity contribution in [1.29, 1.82) is 5.26 Å². The fraction of sp³-hybridized carbons (Fsp3) is 0.417. The quantitative estimate of drug-likeness (QED) is 0.822. The van der Waals surface area contributed by atoms with E-state index in [4.69, 9.17) is 15.7 Å². The molecule has 1 aromatic heterocycles. The maximum Gasteiger partial charge on any atom is 0.268 e. The molecule has 0 spiro atoms. The van der Waals surface area contributed by atoms with Crippen LogP contribution in [0.3, 0.4) is 0 Å². The van der Waals surface area contributed by atoms with Gasteiger partial charge in [-0.05, 0) is 25.7 Å². The normalized spacial score (nSPS) is 10.8. The van der Waals surface area contributed by atoms with Gasteiger partial charge in [0, 0.05) is 4.90 Å². The molecule has 1 amide bonds. The molecule has 0 atom stereocenters. The third-order valence-corrected chi connectivity index (χ3v) is 2.91. The number of thioether (sulfide) groups is 1. The van der Waals surface area contributed by atoms with E-state index in [1.165, 1.54) is 18.0 Å². The highest BCUT2D eigenvalue weighted by Gasteiger charge is 2.20. The molecule has 5 nitrogen and oxygen atoms in total. The number of pyridine rings is 1. The number of nitriles is 1. The third kappa shape index (κ3) is 3.64. The number of amides is 1. The van der Waals surface area contributed by atoms with Gasteiger partial charge in [-0.2, -0.15) is 5.26 Å². The van der Waals surface area contributed by atoms with E-state index in [1.54, 1.807) is 19.9 Å². The Balaban J connectivity index is 3.08. The number of carbonyl (C=O) groups is 1. The van der Waals surface area contributed by atoms with Gasteiger partial charge < -0.3 is 10.5 Å². The zero-order chi connectivity index (χ0) is 13.8. The van der Waals surface area contributed by atoms with Crippen LogP contribution in [0.5, 0.6) is 5.75 Å². The molecule has 0 saturated heterocycles. The molecule has 0 aliphatic carbocycles. The highest BCUT2D eigenvalue weighted by Crippen LogP contribution is 2.27. The van der Waals surface area contributed by atoms with Crippen LogP contribution in [-0.4, -0.2) is 22.2 Å². The second kappa shape index (κ2) is 5.74. The first-order valence-electron chi connectivity index (χ1n) is 5.42. The second-order valence-corrected chi connectivity index (χ2v) is 5.35. The molecule has 96 valence electrons. The molecule has 2 N–H and O–H groups in total. The van der Waals surface area contributed by atoms with Crippen molar-refractivity contribution in [3.8, 4) is 11.8 Å². The minimum absolute atomic E-state index is 0.226. The van der Waals surface area contributed by atoms with Crippen LogP contribution in [0.1, 0.15) is 31.3 Å². The fourth-order valence-corrected chi connectivity index (χ4v) is 2.05. The van der Waals surface area contributed by atoms with E-state index in [0.717, 1.165) is 5.75 Å². The first-order chi connectivity index (χ1) is 8.39. The standard InChI is InChI=1S/C12H15N3O2S/c1-4-18-9-5-8(17-12(2,3)7-13)6-15-10(9)11(14)16/h5-6H,4H2,1-3H3,(H2,14,16). The molecule has 0 aliphatic heterocycles. The Morgan fingerprint density at radius 2 is 2.33 bits per heavy atom. The van der Waals surface area contributed by atoms with Crippen molar-refractivity contribution in [1.82, 2.24) is 4.98 Å². The summed E-state index contributed by atoms with van der Waals surface area (Å²) in [6.45, 7) is 5.27. The lowest BCUT2D eigenvalue weighted by molar-refractivity contribution is 0.0992. The van der Waals surface area contributed by atoms with Gasteiger partial charge in [-0.25, -0.2) is 4.98 Å². The van der Waals surface area contributed by atoms with Crippen LogP contribution < -0.4 is 10.5 Å². The summed E-state index contributed by atoms with van der Waals surface area (Å²) in [5, 5.41) is 8.90. The molecule has 0 aliphatic rings. The van der Waals surface area contributed by atoms with Gasteiger partial charge in [0.15, 0.2) is 5.60 Å². The Bertz CT molecular complexity index is 495. The largest absolute Gasteiger partial charge is 0.471 e. The van der Waals surface area contributed by atoms with Crippen molar-refractivity contribution in [3.05, 3.63) is 18.0 Å². The molecule has 1 rings (SSSR count). The maximum absolute atomic E-state index is 11.2. The molecule has 6 heteroatoms. The topological polar surface area (TPSA) is 89.0 Å². The van der Waals surface area contributed by atoms with Crippen LogP contribution in [0.2, 0.25) is 0 Å². The van der Waals surface area contributed by atoms with E-state index in [0.29, 0.717) is 10.6 Å². The first kappa shape index (κ1) is 14.3. The molecule has 18 heavy (non-hydrogen) atoms. The number of ether oxygens (including phenoxy) is 1. The van der Waals surface area contributed by atoms with Crippen molar-refractivity contribution < 1.29 is 9.53 Å². The fourth-order valence-electron chi connectivity index (χ4n) is 1.25. The molecule has 1 heterocycles. The van der Waals surface area contributed by atoms with Gasteiger partial charge in [-0.15, -0.1) is 11.8 Å². The molecule has 0 aromatic carbocycles. The third-order valence-electron chi connectivity index (χ3n) is 2.00. The predicted molar refractivity (Wildman–Crippen MR) is 69.5 cm³/mol. The number of nitrogens with two attached hydrogens (primary N) is 1. The summed E-state index contributed by atoms with van der Waals surface area (Å²) in [7, 11) is 0. The van der Waals surface area contributed by atoms with Crippen LogP contribution in [0.15, 0.2) is 17.2 Å². The minimum atomic E-state index is -0.940. The Kier molecular flexibility index (Phi) is 4.56. The molecule has 0 unspecified atom stereocenters. The lowest BCUT2D eigenvalue weighted by atomic mass is 10.2. The Labute approximate surface area is 110 Å². The zero-order valence-electron chi connectivity index (χ0n) is 10.6. The lowest BCUT2D eigenvalue weighted by Gasteiger charge is -2.18. The van der Waals surface area contributed by atoms with Gasteiger partial charge in [-0.1, -0.05) is 6.92 Å². The molecule has 0 radical (unpaired) electrons. The maximum atomic E-state index is 11.2. The van der Waals surface area contributed by atoms with E-state index >= 15 is 0 Å². The summed E-state index contributed by atoms with van der Waals surface area (Å²) < 4.78 is 5.48. The second-order valence-electron chi connectivity index (χ2n) is 4.04. The van der Waals surface area contributed by atoms with Crippen molar-refractivity contribution in [2.45, 2.75) is 31.3 Å². The molecule has 0 saturated carbocycles. The average molecular weight is 265 g/mol. The Morgan fingerprint density at radius 3 is 2.83 bits per heavy atom. The highest BCUT2D eigenvalue weighted by atomic mass is 32.2. The summed E-state index contributed by atoms with van der Waals surface area (Å²) in [6.07, 6.45) is 1.40. The van der Waals surface area contributed by atoms with Crippen LogP contribution in [0.4, 0.5) is 0 Å². The number of hydrogen-bond donors (Lipinski definition) is 1. The van der Waals surface area contributed by atoms with Crippen molar-refractivity contribution in [2.75, 3.05) is 5.75 Å². The van der Waals surface area contributed by atoms with E-state index in [1.807, 2.05) is 13.0 Å². The van der Waals surface area contributed by atoms with E-state index in [2.05, 4.69) is 4.98 Å².